The Balaban J connectivity index is 1.84. The van der Waals surface area contributed by atoms with E-state index in [2.05, 4.69) is 35.5 Å². The maximum absolute atomic E-state index is 11.7. The minimum absolute atomic E-state index is 0.364. The number of guanidine groups is 1. The molecule has 0 amide bonds. The summed E-state index contributed by atoms with van der Waals surface area (Å²) in [7, 11) is -1.49. The number of rotatable bonds is 8. The maximum atomic E-state index is 11.7. The van der Waals surface area contributed by atoms with Crippen molar-refractivity contribution < 1.29 is 13.2 Å². The molecular formula is C22H31N3O3S. The standard InChI is InChI=1S/C22H31N3O3S/c1-16(2)19-8-6-7-9-20(19)28-13-12-24-22(23-4)25-15-18-10-11-21(17(3)14-18)29(5,26)27/h6-11,14,16H,12-13,15H2,1-5H3,(H2,23,24,25). The lowest BCUT2D eigenvalue weighted by molar-refractivity contribution is 0.317. The summed E-state index contributed by atoms with van der Waals surface area (Å²) in [4.78, 5) is 4.58. The summed E-state index contributed by atoms with van der Waals surface area (Å²) >= 11 is 0. The summed E-state index contributed by atoms with van der Waals surface area (Å²) in [5, 5.41) is 6.46. The molecule has 0 aliphatic rings. The highest BCUT2D eigenvalue weighted by atomic mass is 32.2. The first kappa shape index (κ1) is 22.7. The van der Waals surface area contributed by atoms with Crippen molar-refractivity contribution in [3.8, 4) is 5.75 Å². The lowest BCUT2D eigenvalue weighted by atomic mass is 10.0. The first-order valence-electron chi connectivity index (χ1n) is 9.68. The van der Waals surface area contributed by atoms with Crippen molar-refractivity contribution in [1.82, 2.24) is 10.6 Å². The highest BCUT2D eigenvalue weighted by Crippen LogP contribution is 2.25. The Morgan fingerprint density at radius 1 is 1.14 bits per heavy atom. The van der Waals surface area contributed by atoms with Gasteiger partial charge < -0.3 is 15.4 Å². The molecular weight excluding hydrogens is 386 g/mol. The van der Waals surface area contributed by atoms with Crippen LogP contribution in [0, 0.1) is 6.92 Å². The van der Waals surface area contributed by atoms with Crippen LogP contribution in [-0.2, 0) is 16.4 Å². The second-order valence-electron chi connectivity index (χ2n) is 7.27. The van der Waals surface area contributed by atoms with E-state index in [0.717, 1.165) is 16.9 Å². The Morgan fingerprint density at radius 3 is 2.48 bits per heavy atom. The van der Waals surface area contributed by atoms with Crippen molar-refractivity contribution in [3.63, 3.8) is 0 Å². The Labute approximate surface area is 174 Å². The van der Waals surface area contributed by atoms with Crippen molar-refractivity contribution in [2.75, 3.05) is 26.5 Å². The number of nitrogens with one attached hydrogen (secondary N) is 2. The van der Waals surface area contributed by atoms with Crippen LogP contribution in [0.4, 0.5) is 0 Å². The summed E-state index contributed by atoms with van der Waals surface area (Å²) in [6.45, 7) is 7.78. The van der Waals surface area contributed by atoms with Gasteiger partial charge in [0.1, 0.15) is 12.4 Å². The van der Waals surface area contributed by atoms with E-state index in [1.807, 2.05) is 30.3 Å². The number of para-hydroxylation sites is 1. The zero-order valence-electron chi connectivity index (χ0n) is 17.8. The normalized spacial score (nSPS) is 12.1. The Morgan fingerprint density at radius 2 is 1.86 bits per heavy atom. The molecule has 0 saturated heterocycles. The second kappa shape index (κ2) is 10.3. The summed E-state index contributed by atoms with van der Waals surface area (Å²) < 4.78 is 29.4. The number of aliphatic imine (C=N–C) groups is 1. The van der Waals surface area contributed by atoms with Gasteiger partial charge in [0.2, 0.25) is 0 Å². The molecule has 0 aliphatic heterocycles. The Kier molecular flexibility index (Phi) is 8.08. The summed E-state index contributed by atoms with van der Waals surface area (Å²) in [6, 6.07) is 13.4. The average Bonchev–Trinajstić information content (AvgIpc) is 2.66. The third kappa shape index (κ3) is 6.78. The molecule has 7 heteroatoms. The molecule has 0 saturated carbocycles. The number of sulfone groups is 1. The van der Waals surface area contributed by atoms with E-state index in [1.165, 1.54) is 11.8 Å². The van der Waals surface area contributed by atoms with Gasteiger partial charge in [-0.1, -0.05) is 44.2 Å². The zero-order valence-corrected chi connectivity index (χ0v) is 18.6. The van der Waals surface area contributed by atoms with Crippen LogP contribution in [-0.4, -0.2) is 40.8 Å². The van der Waals surface area contributed by atoms with Crippen LogP contribution in [0.3, 0.4) is 0 Å². The molecule has 0 atom stereocenters. The third-order valence-electron chi connectivity index (χ3n) is 4.52. The second-order valence-corrected chi connectivity index (χ2v) is 9.25. The molecule has 2 aromatic carbocycles. The van der Waals surface area contributed by atoms with E-state index in [4.69, 9.17) is 4.74 Å². The third-order valence-corrected chi connectivity index (χ3v) is 5.77. The van der Waals surface area contributed by atoms with E-state index >= 15 is 0 Å². The highest BCUT2D eigenvalue weighted by Gasteiger charge is 2.11. The summed E-state index contributed by atoms with van der Waals surface area (Å²) in [5.74, 6) is 1.98. The van der Waals surface area contributed by atoms with Crippen LogP contribution in [0.25, 0.3) is 0 Å². The number of hydrogen-bond donors (Lipinski definition) is 2. The summed E-state index contributed by atoms with van der Waals surface area (Å²) in [6.07, 6.45) is 1.22. The molecule has 0 heterocycles. The van der Waals surface area contributed by atoms with E-state index in [0.29, 0.717) is 36.5 Å². The molecule has 0 aliphatic carbocycles. The van der Waals surface area contributed by atoms with Gasteiger partial charge >= 0.3 is 0 Å². The lowest BCUT2D eigenvalue weighted by Crippen LogP contribution is -2.38. The SMILES string of the molecule is CN=C(NCCOc1ccccc1C(C)C)NCc1ccc(S(C)(=O)=O)c(C)c1. The predicted molar refractivity (Wildman–Crippen MR) is 119 cm³/mol. The van der Waals surface area contributed by atoms with Crippen molar-refractivity contribution in [1.29, 1.82) is 0 Å². The summed E-state index contributed by atoms with van der Waals surface area (Å²) in [5.41, 5.74) is 2.93. The fourth-order valence-electron chi connectivity index (χ4n) is 3.06. The molecule has 158 valence electrons. The van der Waals surface area contributed by atoms with Gasteiger partial charge in [-0.2, -0.15) is 0 Å². The number of nitrogens with zero attached hydrogens (tertiary/aromatic N) is 1. The number of aryl methyl sites for hydroxylation is 1. The average molecular weight is 418 g/mol. The van der Waals surface area contributed by atoms with E-state index in [1.54, 1.807) is 20.0 Å². The van der Waals surface area contributed by atoms with E-state index in [-0.39, 0.29) is 0 Å². The fourth-order valence-corrected chi connectivity index (χ4v) is 4.02. The largest absolute Gasteiger partial charge is 0.491 e. The number of ether oxygens (including phenoxy) is 1. The first-order valence-corrected chi connectivity index (χ1v) is 11.6. The molecule has 0 bridgehead atoms. The van der Waals surface area contributed by atoms with Crippen molar-refractivity contribution >= 4 is 15.8 Å². The van der Waals surface area contributed by atoms with Crippen molar-refractivity contribution in [3.05, 3.63) is 59.2 Å². The molecule has 29 heavy (non-hydrogen) atoms. The van der Waals surface area contributed by atoms with Gasteiger partial charge in [0.05, 0.1) is 11.4 Å². The molecule has 0 radical (unpaired) electrons. The van der Waals surface area contributed by atoms with Gasteiger partial charge in [-0.05, 0) is 41.7 Å². The van der Waals surface area contributed by atoms with Gasteiger partial charge in [-0.3, -0.25) is 4.99 Å². The Bertz CT molecular complexity index is 954. The molecule has 6 nitrogen and oxygen atoms in total. The van der Waals surface area contributed by atoms with Crippen LogP contribution in [0.2, 0.25) is 0 Å². The minimum Gasteiger partial charge on any atom is -0.491 e. The van der Waals surface area contributed by atoms with Gasteiger partial charge in [0.15, 0.2) is 15.8 Å². The zero-order chi connectivity index (χ0) is 21.4. The molecule has 0 unspecified atom stereocenters. The quantitative estimate of drug-likeness (QED) is 0.391. The molecule has 2 N–H and O–H groups in total. The minimum atomic E-state index is -3.20. The maximum Gasteiger partial charge on any atom is 0.191 e. The number of hydrogen-bond acceptors (Lipinski definition) is 4. The molecule has 2 rings (SSSR count). The van der Waals surface area contributed by atoms with Crippen LogP contribution in [0.5, 0.6) is 5.75 Å². The number of benzene rings is 2. The lowest BCUT2D eigenvalue weighted by Gasteiger charge is -2.15. The monoisotopic (exact) mass is 417 g/mol. The molecule has 0 fully saturated rings. The van der Waals surface area contributed by atoms with Crippen LogP contribution < -0.4 is 15.4 Å². The van der Waals surface area contributed by atoms with E-state index < -0.39 is 9.84 Å². The predicted octanol–water partition coefficient (Wildman–Crippen LogP) is 3.27. The van der Waals surface area contributed by atoms with Gasteiger partial charge in [0.25, 0.3) is 0 Å². The van der Waals surface area contributed by atoms with E-state index in [9.17, 15) is 8.42 Å². The molecule has 2 aromatic rings. The highest BCUT2D eigenvalue weighted by molar-refractivity contribution is 7.90. The smallest absolute Gasteiger partial charge is 0.191 e. The van der Waals surface area contributed by atoms with Crippen molar-refractivity contribution in [2.24, 2.45) is 4.99 Å². The van der Waals surface area contributed by atoms with Gasteiger partial charge in [-0.15, -0.1) is 0 Å². The van der Waals surface area contributed by atoms with Crippen molar-refractivity contribution in [2.45, 2.75) is 38.1 Å². The van der Waals surface area contributed by atoms with Crippen LogP contribution >= 0.6 is 0 Å². The topological polar surface area (TPSA) is 79.8 Å². The first-order chi connectivity index (χ1) is 13.7. The van der Waals surface area contributed by atoms with Gasteiger partial charge in [-0.25, -0.2) is 8.42 Å². The fraction of sp³-hybridized carbons (Fsp3) is 0.409. The molecule has 0 aromatic heterocycles. The molecule has 0 spiro atoms. The van der Waals surface area contributed by atoms with Crippen LogP contribution in [0.15, 0.2) is 52.4 Å². The van der Waals surface area contributed by atoms with Gasteiger partial charge in [0, 0.05) is 19.8 Å². The Hall–Kier alpha value is -2.54. The van der Waals surface area contributed by atoms with Crippen LogP contribution in [0.1, 0.15) is 36.5 Å².